The summed E-state index contributed by atoms with van der Waals surface area (Å²) in [6, 6.07) is 19.3. The van der Waals surface area contributed by atoms with Crippen molar-refractivity contribution < 1.29 is 9.53 Å². The Kier molecular flexibility index (Phi) is 4.75. The maximum Gasteiger partial charge on any atom is 0.258 e. The third-order valence-corrected chi connectivity index (χ3v) is 4.59. The van der Waals surface area contributed by atoms with Crippen LogP contribution in [0.4, 0.5) is 17.2 Å². The van der Waals surface area contributed by atoms with Crippen LogP contribution in [-0.4, -0.2) is 24.0 Å². The van der Waals surface area contributed by atoms with E-state index in [9.17, 15) is 4.79 Å². The minimum atomic E-state index is -0.0107. The van der Waals surface area contributed by atoms with Crippen molar-refractivity contribution in [3.8, 4) is 5.75 Å². The van der Waals surface area contributed by atoms with E-state index >= 15 is 0 Å². The van der Waals surface area contributed by atoms with Gasteiger partial charge >= 0.3 is 0 Å². The molecule has 1 aliphatic heterocycles. The third-order valence-electron chi connectivity index (χ3n) is 4.59. The van der Waals surface area contributed by atoms with Gasteiger partial charge in [0.05, 0.1) is 12.3 Å². The monoisotopic (exact) mass is 359 g/mol. The molecule has 1 amide bonds. The lowest BCUT2D eigenvalue weighted by Crippen LogP contribution is -2.28. The number of carbonyl (C=O) groups is 1. The zero-order chi connectivity index (χ0) is 18.6. The number of amides is 1. The highest BCUT2D eigenvalue weighted by molar-refractivity contribution is 6.07. The van der Waals surface area contributed by atoms with E-state index in [1.165, 1.54) is 5.56 Å². The first-order valence-electron chi connectivity index (χ1n) is 9.11. The zero-order valence-electron chi connectivity index (χ0n) is 15.2. The number of hydrogen-bond donors (Lipinski definition) is 1. The Hall–Kier alpha value is -3.34. The van der Waals surface area contributed by atoms with E-state index in [2.05, 4.69) is 16.4 Å². The highest BCUT2D eigenvalue weighted by Gasteiger charge is 2.25. The fourth-order valence-electron chi connectivity index (χ4n) is 3.33. The molecule has 1 N–H and O–H groups in total. The van der Waals surface area contributed by atoms with Crippen LogP contribution in [0.15, 0.2) is 66.9 Å². The minimum absolute atomic E-state index is 0.0107. The molecule has 5 heteroatoms. The summed E-state index contributed by atoms with van der Waals surface area (Å²) in [6.07, 6.45) is 2.54. The van der Waals surface area contributed by atoms with Crippen molar-refractivity contribution >= 4 is 23.1 Å². The molecule has 0 spiro atoms. The van der Waals surface area contributed by atoms with Crippen LogP contribution in [0.1, 0.15) is 22.8 Å². The Morgan fingerprint density at radius 1 is 1.15 bits per heavy atom. The molecule has 0 radical (unpaired) electrons. The van der Waals surface area contributed by atoms with Crippen molar-refractivity contribution in [2.75, 3.05) is 23.4 Å². The second-order valence-corrected chi connectivity index (χ2v) is 6.32. The summed E-state index contributed by atoms with van der Waals surface area (Å²) in [5, 5.41) is 3.26. The number of pyridine rings is 1. The van der Waals surface area contributed by atoms with Crippen LogP contribution in [0.3, 0.4) is 0 Å². The molecule has 0 fully saturated rings. The average Bonchev–Trinajstić information content (AvgIpc) is 3.13. The molecule has 0 saturated carbocycles. The summed E-state index contributed by atoms with van der Waals surface area (Å²) >= 11 is 0. The van der Waals surface area contributed by atoms with Gasteiger partial charge in [0.25, 0.3) is 5.91 Å². The summed E-state index contributed by atoms with van der Waals surface area (Å²) < 4.78 is 5.64. The first-order valence-corrected chi connectivity index (χ1v) is 9.11. The van der Waals surface area contributed by atoms with Crippen LogP contribution in [-0.2, 0) is 6.42 Å². The molecule has 4 rings (SSSR count). The summed E-state index contributed by atoms with van der Waals surface area (Å²) in [5.41, 5.74) is 3.64. The standard InChI is InChI=1S/C22H21N3O2/c1-2-27-20-10-6-4-8-18(20)24-21-15-17(11-13-23-21)22(26)25-14-12-16-7-3-5-9-19(16)25/h3-11,13,15H,2,12,14H2,1H3,(H,23,24). The van der Waals surface area contributed by atoms with Crippen LogP contribution >= 0.6 is 0 Å². The minimum Gasteiger partial charge on any atom is -0.492 e. The van der Waals surface area contributed by atoms with Gasteiger partial charge in [0.15, 0.2) is 0 Å². The molecule has 136 valence electrons. The van der Waals surface area contributed by atoms with Crippen LogP contribution in [0.25, 0.3) is 0 Å². The van der Waals surface area contributed by atoms with E-state index in [-0.39, 0.29) is 5.91 Å². The van der Waals surface area contributed by atoms with Crippen molar-refractivity contribution in [3.05, 3.63) is 78.0 Å². The highest BCUT2D eigenvalue weighted by Crippen LogP contribution is 2.30. The number of benzene rings is 2. The number of para-hydroxylation sites is 3. The number of rotatable bonds is 5. The molecule has 0 bridgehead atoms. The van der Waals surface area contributed by atoms with Crippen LogP contribution in [0.2, 0.25) is 0 Å². The van der Waals surface area contributed by atoms with Crippen molar-refractivity contribution in [2.45, 2.75) is 13.3 Å². The van der Waals surface area contributed by atoms with E-state index in [4.69, 9.17) is 4.74 Å². The predicted molar refractivity (Wildman–Crippen MR) is 107 cm³/mol. The second kappa shape index (κ2) is 7.50. The topological polar surface area (TPSA) is 54.5 Å². The largest absolute Gasteiger partial charge is 0.492 e. The molecule has 1 aliphatic rings. The molecule has 0 aliphatic carbocycles. The van der Waals surface area contributed by atoms with E-state index in [0.717, 1.165) is 23.5 Å². The van der Waals surface area contributed by atoms with Crippen molar-refractivity contribution in [1.29, 1.82) is 0 Å². The third kappa shape index (κ3) is 3.49. The molecule has 27 heavy (non-hydrogen) atoms. The predicted octanol–water partition coefficient (Wildman–Crippen LogP) is 4.43. The molecule has 1 aromatic heterocycles. The van der Waals surface area contributed by atoms with Crippen LogP contribution in [0, 0.1) is 0 Å². The average molecular weight is 359 g/mol. The van der Waals surface area contributed by atoms with E-state index in [0.29, 0.717) is 24.5 Å². The Morgan fingerprint density at radius 3 is 2.85 bits per heavy atom. The highest BCUT2D eigenvalue weighted by atomic mass is 16.5. The van der Waals surface area contributed by atoms with Gasteiger partial charge in [-0.3, -0.25) is 4.79 Å². The van der Waals surface area contributed by atoms with Crippen molar-refractivity contribution in [2.24, 2.45) is 0 Å². The van der Waals surface area contributed by atoms with Gasteiger partial charge in [-0.1, -0.05) is 30.3 Å². The number of hydrogen-bond acceptors (Lipinski definition) is 4. The number of carbonyl (C=O) groups excluding carboxylic acids is 1. The molecule has 3 aromatic rings. The van der Waals surface area contributed by atoms with Gasteiger partial charge in [0.1, 0.15) is 11.6 Å². The van der Waals surface area contributed by atoms with E-state index in [1.807, 2.05) is 54.3 Å². The Labute approximate surface area is 158 Å². The Morgan fingerprint density at radius 2 is 1.96 bits per heavy atom. The summed E-state index contributed by atoms with van der Waals surface area (Å²) in [4.78, 5) is 19.2. The summed E-state index contributed by atoms with van der Waals surface area (Å²) in [5.74, 6) is 1.36. The summed E-state index contributed by atoms with van der Waals surface area (Å²) in [7, 11) is 0. The van der Waals surface area contributed by atoms with E-state index < -0.39 is 0 Å². The lowest BCUT2D eigenvalue weighted by molar-refractivity contribution is 0.0989. The number of anilines is 3. The van der Waals surface area contributed by atoms with Gasteiger partial charge in [-0.05, 0) is 49.2 Å². The van der Waals surface area contributed by atoms with Crippen LogP contribution in [0.5, 0.6) is 5.75 Å². The lowest BCUT2D eigenvalue weighted by Gasteiger charge is -2.18. The molecule has 2 heterocycles. The van der Waals surface area contributed by atoms with Gasteiger partial charge < -0.3 is 15.0 Å². The SMILES string of the molecule is CCOc1ccccc1Nc1cc(C(=O)N2CCc3ccccc32)ccn1. The van der Waals surface area contributed by atoms with Crippen LogP contribution < -0.4 is 15.0 Å². The molecular formula is C22H21N3O2. The van der Waals surface area contributed by atoms with Crippen molar-refractivity contribution in [3.63, 3.8) is 0 Å². The number of nitrogens with one attached hydrogen (secondary N) is 1. The van der Waals surface area contributed by atoms with E-state index in [1.54, 1.807) is 18.3 Å². The molecule has 0 saturated heterocycles. The molecule has 5 nitrogen and oxygen atoms in total. The molecular weight excluding hydrogens is 338 g/mol. The van der Waals surface area contributed by atoms with Gasteiger partial charge in [-0.15, -0.1) is 0 Å². The second-order valence-electron chi connectivity index (χ2n) is 6.32. The summed E-state index contributed by atoms with van der Waals surface area (Å²) in [6.45, 7) is 3.23. The maximum atomic E-state index is 13.0. The number of nitrogens with zero attached hydrogens (tertiary/aromatic N) is 2. The first kappa shape index (κ1) is 17.1. The first-order chi connectivity index (χ1) is 13.3. The normalized spacial score (nSPS) is 12.6. The maximum absolute atomic E-state index is 13.0. The van der Waals surface area contributed by atoms with Crippen molar-refractivity contribution in [1.82, 2.24) is 4.98 Å². The van der Waals surface area contributed by atoms with Gasteiger partial charge in [0.2, 0.25) is 0 Å². The van der Waals surface area contributed by atoms with Gasteiger partial charge in [0, 0.05) is 24.0 Å². The fraction of sp³-hybridized carbons (Fsp3) is 0.182. The fourth-order valence-corrected chi connectivity index (χ4v) is 3.33. The van der Waals surface area contributed by atoms with Gasteiger partial charge in [-0.25, -0.2) is 4.98 Å². The van der Waals surface area contributed by atoms with Gasteiger partial charge in [-0.2, -0.15) is 0 Å². The number of fused-ring (bicyclic) bond motifs is 1. The number of aromatic nitrogens is 1. The smallest absolute Gasteiger partial charge is 0.258 e. The molecule has 0 unspecified atom stereocenters. The quantitative estimate of drug-likeness (QED) is 0.732. The Bertz CT molecular complexity index is 971. The lowest BCUT2D eigenvalue weighted by atomic mass is 10.1. The number of ether oxygens (including phenoxy) is 1. The molecule has 2 aromatic carbocycles. The molecule has 0 atom stereocenters. The zero-order valence-corrected chi connectivity index (χ0v) is 15.2. The Balaban J connectivity index is 1.58.